The molecule has 0 amide bonds. The Morgan fingerprint density at radius 1 is 1.23 bits per heavy atom. The summed E-state index contributed by atoms with van der Waals surface area (Å²) in [6, 6.07) is 5.72. The second kappa shape index (κ2) is 14.6. The van der Waals surface area contributed by atoms with Crippen LogP contribution in [0.5, 0.6) is 0 Å². The van der Waals surface area contributed by atoms with Gasteiger partial charge in [0.25, 0.3) is 0 Å². The second-order valence-electron chi connectivity index (χ2n) is 2.19. The monoisotopic (exact) mass is 294 g/mol. The van der Waals surface area contributed by atoms with Gasteiger partial charge in [-0.2, -0.15) is 0 Å². The molecule has 0 spiro atoms. The molecule has 2 nitrogen and oxygen atoms in total. The fourth-order valence-corrected chi connectivity index (χ4v) is 0.740. The molecular formula is C9H14BrCuNO. The summed E-state index contributed by atoms with van der Waals surface area (Å²) < 4.78 is 4.59. The quantitative estimate of drug-likeness (QED) is 0.631. The molecule has 79 valence electrons. The first-order valence-electron chi connectivity index (χ1n) is 4.00. The van der Waals surface area contributed by atoms with E-state index in [9.17, 15) is 0 Å². The van der Waals surface area contributed by atoms with E-state index in [1.165, 1.54) is 6.42 Å². The molecule has 1 heterocycles. The SMILES string of the molecule is CCCCOBr.[Cu].c1ccncc1. The average Bonchev–Trinajstić information content (AvgIpc) is 2.18. The normalized spacial score (nSPS) is 7.85. The Balaban J connectivity index is 0. The zero-order chi connectivity index (χ0) is 9.07. The van der Waals surface area contributed by atoms with Gasteiger partial charge in [-0.05, 0) is 18.6 Å². The van der Waals surface area contributed by atoms with E-state index in [0.29, 0.717) is 0 Å². The smallest absolute Gasteiger partial charge is 0.0987 e. The van der Waals surface area contributed by atoms with Gasteiger partial charge >= 0.3 is 0 Å². The molecule has 0 unspecified atom stereocenters. The van der Waals surface area contributed by atoms with Crippen molar-refractivity contribution >= 4 is 16.3 Å². The molecular weight excluding hydrogens is 282 g/mol. The first-order chi connectivity index (χ1) is 5.91. The van der Waals surface area contributed by atoms with Crippen molar-refractivity contribution in [3.63, 3.8) is 0 Å². The molecule has 1 aromatic rings. The predicted octanol–water partition coefficient (Wildman–Crippen LogP) is 3.19. The number of aromatic nitrogens is 1. The standard InChI is InChI=1S/C5H5N.C4H9BrO.Cu/c1-2-4-6-5-3-1;1-2-3-4-6-5;/h1-5H;2-4H2,1H3;. The van der Waals surface area contributed by atoms with Crippen LogP contribution in [0.15, 0.2) is 30.6 Å². The van der Waals surface area contributed by atoms with Crippen molar-refractivity contribution < 1.29 is 20.9 Å². The van der Waals surface area contributed by atoms with Gasteiger partial charge in [-0.1, -0.05) is 19.4 Å². The van der Waals surface area contributed by atoms with Gasteiger partial charge in [0.15, 0.2) is 0 Å². The van der Waals surface area contributed by atoms with E-state index in [2.05, 4.69) is 32.0 Å². The molecule has 0 fully saturated rings. The first-order valence-corrected chi connectivity index (χ1v) is 4.65. The van der Waals surface area contributed by atoms with Crippen LogP contribution in [0, 0.1) is 0 Å². The maximum atomic E-state index is 4.59. The summed E-state index contributed by atoms with van der Waals surface area (Å²) >= 11 is 2.85. The Hall–Kier alpha value is 0.109. The van der Waals surface area contributed by atoms with E-state index in [-0.39, 0.29) is 17.1 Å². The summed E-state index contributed by atoms with van der Waals surface area (Å²) in [6.45, 7) is 2.96. The Kier molecular flexibility index (Phi) is 17.5. The van der Waals surface area contributed by atoms with E-state index in [1.54, 1.807) is 12.4 Å². The molecule has 0 aromatic carbocycles. The zero-order valence-electron chi connectivity index (χ0n) is 7.54. The number of hydrogen-bond donors (Lipinski definition) is 0. The van der Waals surface area contributed by atoms with Crippen LogP contribution in [0.3, 0.4) is 0 Å². The van der Waals surface area contributed by atoms with Gasteiger partial charge < -0.3 is 3.83 Å². The molecule has 0 aliphatic rings. The molecule has 0 aliphatic heterocycles. The molecule has 0 atom stereocenters. The topological polar surface area (TPSA) is 22.1 Å². The van der Waals surface area contributed by atoms with Gasteiger partial charge in [0.05, 0.1) is 22.9 Å². The van der Waals surface area contributed by atoms with Crippen molar-refractivity contribution in [2.75, 3.05) is 6.61 Å². The van der Waals surface area contributed by atoms with E-state index in [0.717, 1.165) is 13.0 Å². The molecule has 1 radical (unpaired) electrons. The fourth-order valence-electron chi connectivity index (χ4n) is 0.511. The van der Waals surface area contributed by atoms with E-state index < -0.39 is 0 Å². The molecule has 13 heavy (non-hydrogen) atoms. The minimum absolute atomic E-state index is 0. The molecule has 0 N–H and O–H groups in total. The maximum Gasteiger partial charge on any atom is 0.0987 e. The molecule has 0 bridgehead atoms. The number of pyridine rings is 1. The Morgan fingerprint density at radius 2 is 1.85 bits per heavy atom. The number of nitrogens with zero attached hydrogens (tertiary/aromatic N) is 1. The van der Waals surface area contributed by atoms with E-state index >= 15 is 0 Å². The van der Waals surface area contributed by atoms with Crippen molar-refractivity contribution in [1.29, 1.82) is 0 Å². The van der Waals surface area contributed by atoms with Crippen LogP contribution in [-0.2, 0) is 20.9 Å². The summed E-state index contributed by atoms with van der Waals surface area (Å²) in [5.74, 6) is 0. The summed E-state index contributed by atoms with van der Waals surface area (Å²) in [5, 5.41) is 0. The first kappa shape index (κ1) is 15.6. The second-order valence-corrected chi connectivity index (χ2v) is 2.65. The average molecular weight is 296 g/mol. The van der Waals surface area contributed by atoms with Crippen molar-refractivity contribution in [3.8, 4) is 0 Å². The Bertz CT molecular complexity index is 132. The zero-order valence-corrected chi connectivity index (χ0v) is 10.1. The van der Waals surface area contributed by atoms with Crippen molar-refractivity contribution in [3.05, 3.63) is 30.6 Å². The molecule has 0 saturated carbocycles. The number of halogens is 1. The van der Waals surface area contributed by atoms with Crippen LogP contribution >= 0.6 is 16.3 Å². The van der Waals surface area contributed by atoms with Crippen LogP contribution in [0.25, 0.3) is 0 Å². The predicted molar refractivity (Wildman–Crippen MR) is 54.0 cm³/mol. The summed E-state index contributed by atoms with van der Waals surface area (Å²) in [4.78, 5) is 3.78. The third-order valence-corrected chi connectivity index (χ3v) is 1.47. The number of hydrogen-bond acceptors (Lipinski definition) is 2. The molecule has 0 aliphatic carbocycles. The van der Waals surface area contributed by atoms with Gasteiger partial charge in [-0.15, -0.1) is 0 Å². The maximum absolute atomic E-state index is 4.59. The van der Waals surface area contributed by atoms with Gasteiger partial charge in [0.1, 0.15) is 0 Å². The van der Waals surface area contributed by atoms with Gasteiger partial charge in [0.2, 0.25) is 0 Å². The summed E-state index contributed by atoms with van der Waals surface area (Å²) in [7, 11) is 0. The summed E-state index contributed by atoms with van der Waals surface area (Å²) in [6.07, 6.45) is 5.84. The molecule has 0 saturated heterocycles. The molecule has 4 heteroatoms. The minimum Gasteiger partial charge on any atom is -0.308 e. The van der Waals surface area contributed by atoms with E-state index in [4.69, 9.17) is 0 Å². The summed E-state index contributed by atoms with van der Waals surface area (Å²) in [5.41, 5.74) is 0. The number of rotatable bonds is 3. The van der Waals surface area contributed by atoms with Crippen molar-refractivity contribution in [2.24, 2.45) is 0 Å². The minimum atomic E-state index is 0. The van der Waals surface area contributed by atoms with Crippen molar-refractivity contribution in [1.82, 2.24) is 4.98 Å². The largest absolute Gasteiger partial charge is 0.308 e. The van der Waals surface area contributed by atoms with Crippen molar-refractivity contribution in [2.45, 2.75) is 19.8 Å². The van der Waals surface area contributed by atoms with Crippen LogP contribution in [0.2, 0.25) is 0 Å². The molecule has 1 rings (SSSR count). The fraction of sp³-hybridized carbons (Fsp3) is 0.444. The van der Waals surface area contributed by atoms with Gasteiger partial charge in [-0.3, -0.25) is 4.98 Å². The Morgan fingerprint density at radius 3 is 2.00 bits per heavy atom. The van der Waals surface area contributed by atoms with E-state index in [1.807, 2.05) is 18.2 Å². The third-order valence-electron chi connectivity index (χ3n) is 1.14. The number of unbranched alkanes of at least 4 members (excludes halogenated alkanes) is 1. The van der Waals surface area contributed by atoms with Crippen LogP contribution in [0.4, 0.5) is 0 Å². The Labute approximate surface area is 99.0 Å². The molecule has 1 aromatic heterocycles. The van der Waals surface area contributed by atoms with Crippen LogP contribution < -0.4 is 0 Å². The van der Waals surface area contributed by atoms with Gasteiger partial charge in [0, 0.05) is 29.5 Å². The van der Waals surface area contributed by atoms with Crippen LogP contribution in [-0.4, -0.2) is 11.6 Å². The van der Waals surface area contributed by atoms with Gasteiger partial charge in [-0.25, -0.2) is 0 Å². The third kappa shape index (κ3) is 14.9. The van der Waals surface area contributed by atoms with Crippen LogP contribution in [0.1, 0.15) is 19.8 Å².